The number of hydrogen-bond acceptors (Lipinski definition) is 5. The van der Waals surface area contributed by atoms with E-state index in [0.29, 0.717) is 41.2 Å². The average Bonchev–Trinajstić information content (AvgIpc) is 3.20. The van der Waals surface area contributed by atoms with Gasteiger partial charge in [0.2, 0.25) is 5.76 Å². The van der Waals surface area contributed by atoms with E-state index in [9.17, 15) is 9.59 Å². The van der Waals surface area contributed by atoms with Crippen molar-refractivity contribution in [3.8, 4) is 11.5 Å². The van der Waals surface area contributed by atoms with Crippen LogP contribution in [0.2, 0.25) is 0 Å². The molecular weight excluding hydrogens is 454 g/mol. The summed E-state index contributed by atoms with van der Waals surface area (Å²) in [5.41, 5.74) is 2.02. The predicted octanol–water partition coefficient (Wildman–Crippen LogP) is 6.51. The third kappa shape index (κ3) is 4.35. The van der Waals surface area contributed by atoms with Gasteiger partial charge in [0.05, 0.1) is 30.2 Å². The third-order valence-electron chi connectivity index (χ3n) is 6.42. The maximum Gasteiger partial charge on any atom is 0.295 e. The van der Waals surface area contributed by atoms with Crippen molar-refractivity contribution in [2.45, 2.75) is 39.2 Å². The average molecular weight is 484 g/mol. The van der Waals surface area contributed by atoms with E-state index < -0.39 is 6.04 Å². The van der Waals surface area contributed by atoms with E-state index in [2.05, 4.69) is 6.92 Å². The molecule has 5 rings (SSSR count). The number of carbonyl (C=O) groups excluding carboxylic acids is 1. The zero-order valence-corrected chi connectivity index (χ0v) is 20.5. The number of benzene rings is 3. The molecule has 1 aliphatic rings. The van der Waals surface area contributed by atoms with E-state index in [1.807, 2.05) is 55.5 Å². The van der Waals surface area contributed by atoms with Crippen LogP contribution in [0.15, 0.2) is 82.0 Å². The maximum absolute atomic E-state index is 13.7. The zero-order chi connectivity index (χ0) is 25.1. The van der Waals surface area contributed by atoms with Gasteiger partial charge >= 0.3 is 0 Å². The van der Waals surface area contributed by atoms with Crippen molar-refractivity contribution in [1.82, 2.24) is 0 Å². The molecule has 4 aromatic rings. The molecule has 6 nitrogen and oxygen atoms in total. The number of amides is 1. The Morgan fingerprint density at radius 1 is 0.833 bits per heavy atom. The summed E-state index contributed by atoms with van der Waals surface area (Å²) in [6, 6.07) is 21.3. The summed E-state index contributed by atoms with van der Waals surface area (Å²) in [6.45, 7) is 5.29. The second kappa shape index (κ2) is 10.3. The van der Waals surface area contributed by atoms with Gasteiger partial charge in [-0.25, -0.2) is 0 Å². The number of nitrogens with zero attached hydrogens (tertiary/aromatic N) is 1. The Labute approximate surface area is 210 Å². The van der Waals surface area contributed by atoms with Crippen LogP contribution < -0.4 is 19.8 Å². The minimum absolute atomic E-state index is 0.0810. The van der Waals surface area contributed by atoms with Crippen LogP contribution >= 0.6 is 0 Å². The lowest BCUT2D eigenvalue weighted by Crippen LogP contribution is -2.29. The van der Waals surface area contributed by atoms with Crippen LogP contribution in [-0.2, 0) is 0 Å². The van der Waals surface area contributed by atoms with E-state index in [1.54, 1.807) is 29.2 Å². The first-order chi connectivity index (χ1) is 17.6. The van der Waals surface area contributed by atoms with Crippen LogP contribution in [0.25, 0.3) is 11.0 Å². The summed E-state index contributed by atoms with van der Waals surface area (Å²) in [6.07, 6.45) is 3.26. The van der Waals surface area contributed by atoms with Crippen molar-refractivity contribution < 1.29 is 18.7 Å². The number of para-hydroxylation sites is 1. The molecule has 3 aromatic carbocycles. The fraction of sp³-hybridized carbons (Fsp3) is 0.267. The smallest absolute Gasteiger partial charge is 0.295 e. The normalized spacial score (nSPS) is 14.8. The number of carbonyl (C=O) groups is 1. The van der Waals surface area contributed by atoms with Crippen LogP contribution in [0.5, 0.6) is 11.5 Å². The highest BCUT2D eigenvalue weighted by atomic mass is 16.5. The minimum atomic E-state index is -0.625. The molecule has 0 radical (unpaired) electrons. The lowest BCUT2D eigenvalue weighted by molar-refractivity contribution is 0.0971. The molecule has 1 unspecified atom stereocenters. The number of fused-ring (bicyclic) bond motifs is 2. The number of rotatable bonds is 9. The van der Waals surface area contributed by atoms with Crippen LogP contribution in [0.4, 0.5) is 5.69 Å². The van der Waals surface area contributed by atoms with Crippen LogP contribution in [-0.4, -0.2) is 19.1 Å². The Kier molecular flexibility index (Phi) is 6.76. The highest BCUT2D eigenvalue weighted by Crippen LogP contribution is 2.41. The van der Waals surface area contributed by atoms with Crippen LogP contribution in [0.1, 0.15) is 60.8 Å². The van der Waals surface area contributed by atoms with Gasteiger partial charge in [0, 0.05) is 5.69 Å². The quantitative estimate of drug-likeness (QED) is 0.254. The maximum atomic E-state index is 13.7. The van der Waals surface area contributed by atoms with E-state index in [4.69, 9.17) is 13.9 Å². The van der Waals surface area contributed by atoms with Gasteiger partial charge in [0.25, 0.3) is 5.91 Å². The summed E-state index contributed by atoms with van der Waals surface area (Å²) in [7, 11) is 0. The van der Waals surface area contributed by atoms with E-state index in [-0.39, 0.29) is 17.1 Å². The SMILES string of the molecule is CCCCCOc1ccc(C2c3c(oc4ccccc4c3=O)C(=O)N2c2ccc(OCC)cc2)cc1. The van der Waals surface area contributed by atoms with Gasteiger partial charge in [-0.3, -0.25) is 14.5 Å². The largest absolute Gasteiger partial charge is 0.494 e. The van der Waals surface area contributed by atoms with Crippen molar-refractivity contribution in [1.29, 1.82) is 0 Å². The van der Waals surface area contributed by atoms with Crippen LogP contribution in [0.3, 0.4) is 0 Å². The van der Waals surface area contributed by atoms with E-state index >= 15 is 0 Å². The highest BCUT2D eigenvalue weighted by Gasteiger charge is 2.43. The molecule has 0 saturated heterocycles. The van der Waals surface area contributed by atoms with Gasteiger partial charge < -0.3 is 13.9 Å². The Bertz CT molecular complexity index is 1420. The van der Waals surface area contributed by atoms with Crippen molar-refractivity contribution in [3.05, 3.63) is 99.9 Å². The molecule has 0 bridgehead atoms. The topological polar surface area (TPSA) is 69.0 Å². The number of unbranched alkanes of at least 4 members (excludes halogenated alkanes) is 2. The highest BCUT2D eigenvalue weighted by molar-refractivity contribution is 6.10. The fourth-order valence-corrected chi connectivity index (χ4v) is 4.66. The molecule has 0 spiro atoms. The molecule has 2 heterocycles. The van der Waals surface area contributed by atoms with Gasteiger partial charge in [-0.2, -0.15) is 0 Å². The van der Waals surface area contributed by atoms with Gasteiger partial charge in [-0.15, -0.1) is 0 Å². The standard InChI is InChI=1S/C30H29NO5/c1-3-5-8-19-35-23-15-11-20(12-16-23)27-26-28(32)24-9-6-7-10-25(24)36-29(26)30(33)31(27)21-13-17-22(18-14-21)34-4-2/h6-7,9-18,27H,3-5,8,19H2,1-2H3. The lowest BCUT2D eigenvalue weighted by atomic mass is 9.98. The molecule has 1 amide bonds. The zero-order valence-electron chi connectivity index (χ0n) is 20.5. The fourth-order valence-electron chi connectivity index (χ4n) is 4.66. The van der Waals surface area contributed by atoms with E-state index in [0.717, 1.165) is 30.6 Å². The molecule has 6 heteroatoms. The summed E-state index contributed by atoms with van der Waals surface area (Å²) >= 11 is 0. The molecule has 0 fully saturated rings. The summed E-state index contributed by atoms with van der Waals surface area (Å²) in [5, 5.41) is 0.457. The first-order valence-electron chi connectivity index (χ1n) is 12.5. The Morgan fingerprint density at radius 2 is 1.53 bits per heavy atom. The molecule has 0 saturated carbocycles. The summed E-state index contributed by atoms with van der Waals surface area (Å²) < 4.78 is 17.5. The third-order valence-corrected chi connectivity index (χ3v) is 6.42. The van der Waals surface area contributed by atoms with Crippen molar-refractivity contribution in [3.63, 3.8) is 0 Å². The Morgan fingerprint density at radius 3 is 2.25 bits per heavy atom. The van der Waals surface area contributed by atoms with Crippen molar-refractivity contribution >= 4 is 22.6 Å². The molecule has 36 heavy (non-hydrogen) atoms. The van der Waals surface area contributed by atoms with Gasteiger partial charge in [0.15, 0.2) is 5.43 Å². The Balaban J connectivity index is 1.58. The monoisotopic (exact) mass is 483 g/mol. The Hall–Kier alpha value is -4.06. The molecule has 0 N–H and O–H groups in total. The van der Waals surface area contributed by atoms with Crippen molar-refractivity contribution in [2.24, 2.45) is 0 Å². The van der Waals surface area contributed by atoms with Crippen LogP contribution in [0, 0.1) is 0 Å². The second-order valence-corrected chi connectivity index (χ2v) is 8.80. The lowest BCUT2D eigenvalue weighted by Gasteiger charge is -2.25. The molecule has 1 aromatic heterocycles. The number of ether oxygens (including phenoxy) is 2. The first kappa shape index (κ1) is 23.7. The molecular formula is C30H29NO5. The summed E-state index contributed by atoms with van der Waals surface area (Å²) in [5.74, 6) is 1.21. The van der Waals surface area contributed by atoms with Gasteiger partial charge in [-0.1, -0.05) is 44.0 Å². The van der Waals surface area contributed by atoms with E-state index in [1.165, 1.54) is 0 Å². The van der Waals surface area contributed by atoms with Gasteiger partial charge in [0.1, 0.15) is 17.1 Å². The predicted molar refractivity (Wildman–Crippen MR) is 140 cm³/mol. The summed E-state index contributed by atoms with van der Waals surface area (Å²) in [4.78, 5) is 29.0. The first-order valence-corrected chi connectivity index (χ1v) is 12.5. The molecule has 0 aliphatic carbocycles. The second-order valence-electron chi connectivity index (χ2n) is 8.80. The van der Waals surface area contributed by atoms with Gasteiger partial charge in [-0.05, 0) is 67.4 Å². The number of hydrogen-bond donors (Lipinski definition) is 0. The molecule has 1 aliphatic heterocycles. The van der Waals surface area contributed by atoms with Crippen molar-refractivity contribution in [2.75, 3.05) is 18.1 Å². The minimum Gasteiger partial charge on any atom is -0.494 e. The number of anilines is 1. The molecule has 184 valence electrons. The molecule has 1 atom stereocenters.